The van der Waals surface area contributed by atoms with Gasteiger partial charge in [0.05, 0.1) is 11.0 Å². The molecule has 2 rings (SSSR count). The van der Waals surface area contributed by atoms with Gasteiger partial charge in [-0.05, 0) is 28.8 Å². The van der Waals surface area contributed by atoms with Crippen LogP contribution in [0.5, 0.6) is 0 Å². The van der Waals surface area contributed by atoms with Crippen LogP contribution in [-0.2, 0) is 10.0 Å². The summed E-state index contributed by atoms with van der Waals surface area (Å²) in [5.74, 6) is 0.00861. The zero-order valence-electron chi connectivity index (χ0n) is 11.6. The Hall–Kier alpha value is -1.43. The fourth-order valence-electron chi connectivity index (χ4n) is 1.85. The van der Waals surface area contributed by atoms with E-state index in [1.165, 1.54) is 0 Å². The monoisotopic (exact) mass is 293 g/mol. The molecule has 1 unspecified atom stereocenters. The summed E-state index contributed by atoms with van der Waals surface area (Å²) < 4.78 is 26.8. The van der Waals surface area contributed by atoms with E-state index in [9.17, 15) is 13.5 Å². The normalized spacial score (nSPS) is 13.8. The average Bonchev–Trinajstić information content (AvgIpc) is 2.44. The van der Waals surface area contributed by atoms with Crippen LogP contribution in [0.2, 0.25) is 0 Å². The number of nitrogens with one attached hydrogen (secondary N) is 1. The molecular formula is C15H19NO3S. The summed E-state index contributed by atoms with van der Waals surface area (Å²) in [5.41, 5.74) is 0. The minimum Gasteiger partial charge on any atom is -0.391 e. The molecular weight excluding hydrogens is 274 g/mol. The number of fused-ring (bicyclic) bond motifs is 1. The molecule has 20 heavy (non-hydrogen) atoms. The van der Waals surface area contributed by atoms with Crippen LogP contribution in [0.15, 0.2) is 47.4 Å². The molecule has 0 heterocycles. The number of hydrogen-bond acceptors (Lipinski definition) is 3. The predicted molar refractivity (Wildman–Crippen MR) is 80.0 cm³/mol. The summed E-state index contributed by atoms with van der Waals surface area (Å²) in [6, 6.07) is 12.6. The van der Waals surface area contributed by atoms with E-state index >= 15 is 0 Å². The first-order chi connectivity index (χ1) is 9.40. The van der Waals surface area contributed by atoms with E-state index in [-0.39, 0.29) is 17.4 Å². The van der Waals surface area contributed by atoms with Gasteiger partial charge in [-0.1, -0.05) is 44.2 Å². The van der Waals surface area contributed by atoms with Crippen LogP contribution in [0.1, 0.15) is 13.8 Å². The smallest absolute Gasteiger partial charge is 0.240 e. The minimum atomic E-state index is -3.59. The fraction of sp³-hybridized carbons (Fsp3) is 0.333. The Morgan fingerprint density at radius 3 is 2.40 bits per heavy atom. The lowest BCUT2D eigenvalue weighted by atomic mass is 10.1. The number of rotatable bonds is 5. The molecule has 5 heteroatoms. The molecule has 0 bridgehead atoms. The van der Waals surface area contributed by atoms with Crippen molar-refractivity contribution in [2.75, 3.05) is 6.54 Å². The van der Waals surface area contributed by atoms with Crippen molar-refractivity contribution < 1.29 is 13.5 Å². The molecule has 2 aromatic rings. The number of aliphatic hydroxyl groups is 1. The van der Waals surface area contributed by atoms with Crippen LogP contribution in [-0.4, -0.2) is 26.2 Å². The van der Waals surface area contributed by atoms with Crippen molar-refractivity contribution in [2.45, 2.75) is 24.8 Å². The molecule has 108 valence electrons. The van der Waals surface area contributed by atoms with Gasteiger partial charge < -0.3 is 5.11 Å². The summed E-state index contributed by atoms with van der Waals surface area (Å²) in [6.07, 6.45) is -0.690. The zero-order valence-corrected chi connectivity index (χ0v) is 12.4. The summed E-state index contributed by atoms with van der Waals surface area (Å²) in [7, 11) is -3.59. The highest BCUT2D eigenvalue weighted by Gasteiger charge is 2.17. The Labute approximate surface area is 119 Å². The van der Waals surface area contributed by atoms with Crippen LogP contribution in [0, 0.1) is 5.92 Å². The predicted octanol–water partition coefficient (Wildman–Crippen LogP) is 2.13. The Morgan fingerprint density at radius 1 is 1.10 bits per heavy atom. The van der Waals surface area contributed by atoms with Crippen molar-refractivity contribution >= 4 is 20.8 Å². The van der Waals surface area contributed by atoms with E-state index in [4.69, 9.17) is 0 Å². The van der Waals surface area contributed by atoms with Gasteiger partial charge in [0.1, 0.15) is 0 Å². The standard InChI is InChI=1S/C15H19NO3S/c1-11(2)15(17)10-16-20(18,19)14-8-7-12-5-3-4-6-13(12)9-14/h3-9,11,15-17H,10H2,1-2H3. The van der Waals surface area contributed by atoms with E-state index in [1.807, 2.05) is 38.1 Å². The topological polar surface area (TPSA) is 66.4 Å². The van der Waals surface area contributed by atoms with Gasteiger partial charge in [-0.3, -0.25) is 0 Å². The molecule has 0 aliphatic heterocycles. The summed E-state index contributed by atoms with van der Waals surface area (Å²) in [5, 5.41) is 11.6. The maximum absolute atomic E-state index is 12.2. The second-order valence-corrected chi connectivity index (χ2v) is 6.94. The third-order valence-corrected chi connectivity index (χ3v) is 4.70. The maximum atomic E-state index is 12.2. The van der Waals surface area contributed by atoms with Crippen LogP contribution in [0.25, 0.3) is 10.8 Å². The Morgan fingerprint density at radius 2 is 1.75 bits per heavy atom. The summed E-state index contributed by atoms with van der Waals surface area (Å²) >= 11 is 0. The molecule has 0 saturated heterocycles. The van der Waals surface area contributed by atoms with E-state index in [0.29, 0.717) is 0 Å². The van der Waals surface area contributed by atoms with Crippen LogP contribution in [0.3, 0.4) is 0 Å². The van der Waals surface area contributed by atoms with Gasteiger partial charge in [-0.25, -0.2) is 13.1 Å². The first-order valence-electron chi connectivity index (χ1n) is 6.57. The minimum absolute atomic E-state index is 0.00861. The molecule has 0 aliphatic carbocycles. The average molecular weight is 293 g/mol. The first-order valence-corrected chi connectivity index (χ1v) is 8.05. The molecule has 0 spiro atoms. The lowest BCUT2D eigenvalue weighted by molar-refractivity contribution is 0.129. The molecule has 0 aliphatic rings. The quantitative estimate of drug-likeness (QED) is 0.887. The van der Waals surface area contributed by atoms with Crippen molar-refractivity contribution in [3.05, 3.63) is 42.5 Å². The Bertz CT molecular complexity index is 695. The number of sulfonamides is 1. The maximum Gasteiger partial charge on any atom is 0.240 e. The van der Waals surface area contributed by atoms with E-state index in [2.05, 4.69) is 4.72 Å². The van der Waals surface area contributed by atoms with Crippen LogP contribution < -0.4 is 4.72 Å². The Balaban J connectivity index is 2.23. The van der Waals surface area contributed by atoms with Gasteiger partial charge in [0, 0.05) is 6.54 Å². The lowest BCUT2D eigenvalue weighted by Crippen LogP contribution is -2.34. The fourth-order valence-corrected chi connectivity index (χ4v) is 2.93. The lowest BCUT2D eigenvalue weighted by Gasteiger charge is -2.15. The third kappa shape index (κ3) is 3.36. The Kier molecular flexibility index (Phi) is 4.42. The number of benzene rings is 2. The molecule has 4 nitrogen and oxygen atoms in total. The van der Waals surface area contributed by atoms with Crippen molar-refractivity contribution in [3.8, 4) is 0 Å². The van der Waals surface area contributed by atoms with Crippen molar-refractivity contribution in [1.82, 2.24) is 4.72 Å². The van der Waals surface area contributed by atoms with Crippen molar-refractivity contribution in [2.24, 2.45) is 5.92 Å². The van der Waals surface area contributed by atoms with Crippen LogP contribution in [0.4, 0.5) is 0 Å². The van der Waals surface area contributed by atoms with Crippen molar-refractivity contribution in [3.63, 3.8) is 0 Å². The molecule has 0 saturated carbocycles. The highest BCUT2D eigenvalue weighted by molar-refractivity contribution is 7.89. The summed E-state index contributed by atoms with van der Waals surface area (Å²) in [6.45, 7) is 3.71. The molecule has 0 radical (unpaired) electrons. The zero-order chi connectivity index (χ0) is 14.8. The SMILES string of the molecule is CC(C)C(O)CNS(=O)(=O)c1ccc2ccccc2c1. The van der Waals surface area contributed by atoms with Crippen molar-refractivity contribution in [1.29, 1.82) is 0 Å². The van der Waals surface area contributed by atoms with Gasteiger partial charge in [-0.2, -0.15) is 0 Å². The molecule has 0 amide bonds. The van der Waals surface area contributed by atoms with Gasteiger partial charge in [0.15, 0.2) is 0 Å². The van der Waals surface area contributed by atoms with E-state index < -0.39 is 16.1 Å². The molecule has 1 atom stereocenters. The highest BCUT2D eigenvalue weighted by Crippen LogP contribution is 2.18. The second kappa shape index (κ2) is 5.91. The molecule has 0 aromatic heterocycles. The van der Waals surface area contributed by atoms with Crippen LogP contribution >= 0.6 is 0 Å². The third-order valence-electron chi connectivity index (χ3n) is 3.28. The van der Waals surface area contributed by atoms with Gasteiger partial charge >= 0.3 is 0 Å². The molecule has 2 aromatic carbocycles. The largest absolute Gasteiger partial charge is 0.391 e. The second-order valence-electron chi connectivity index (χ2n) is 5.17. The first kappa shape index (κ1) is 15.0. The van der Waals surface area contributed by atoms with E-state index in [1.54, 1.807) is 18.2 Å². The van der Waals surface area contributed by atoms with E-state index in [0.717, 1.165) is 10.8 Å². The van der Waals surface area contributed by atoms with Gasteiger partial charge in [0.2, 0.25) is 10.0 Å². The van der Waals surface area contributed by atoms with Gasteiger partial charge in [0.25, 0.3) is 0 Å². The molecule has 2 N–H and O–H groups in total. The number of hydrogen-bond donors (Lipinski definition) is 2. The highest BCUT2D eigenvalue weighted by atomic mass is 32.2. The van der Waals surface area contributed by atoms with Gasteiger partial charge in [-0.15, -0.1) is 0 Å². The molecule has 0 fully saturated rings. The number of aliphatic hydroxyl groups excluding tert-OH is 1. The summed E-state index contributed by atoms with van der Waals surface area (Å²) in [4.78, 5) is 0.215.